The van der Waals surface area contributed by atoms with Gasteiger partial charge in [0.1, 0.15) is 0 Å². The monoisotopic (exact) mass is 282 g/mol. The lowest BCUT2D eigenvalue weighted by Crippen LogP contribution is -2.14. The zero-order valence-electron chi connectivity index (χ0n) is 12.2. The number of hydrogen-bond acceptors (Lipinski definition) is 3. The minimum absolute atomic E-state index is 0.00571. The molecule has 0 saturated heterocycles. The van der Waals surface area contributed by atoms with E-state index in [4.69, 9.17) is 0 Å². The van der Waals surface area contributed by atoms with Crippen molar-refractivity contribution in [1.82, 2.24) is 4.98 Å². The Hall–Kier alpha value is -2.49. The molecule has 0 spiro atoms. The summed E-state index contributed by atoms with van der Waals surface area (Å²) in [7, 11) is 0. The summed E-state index contributed by atoms with van der Waals surface area (Å²) in [6.07, 6.45) is 3.58. The van der Waals surface area contributed by atoms with Crippen molar-refractivity contribution in [2.75, 3.05) is 5.32 Å². The van der Waals surface area contributed by atoms with E-state index in [2.05, 4.69) is 10.3 Å². The minimum Gasteiger partial charge on any atom is -0.325 e. The molecule has 1 N–H and O–H groups in total. The van der Waals surface area contributed by atoms with Gasteiger partial charge in [0, 0.05) is 24.6 Å². The van der Waals surface area contributed by atoms with Gasteiger partial charge in [0.2, 0.25) is 5.91 Å². The average molecular weight is 282 g/mol. The highest BCUT2D eigenvalue weighted by atomic mass is 16.2. The van der Waals surface area contributed by atoms with Crippen LogP contribution in [0.25, 0.3) is 0 Å². The predicted molar refractivity (Wildman–Crippen MR) is 82.3 cm³/mol. The van der Waals surface area contributed by atoms with E-state index in [1.54, 1.807) is 24.5 Å². The number of hydrogen-bond donors (Lipinski definition) is 1. The maximum Gasteiger partial charge on any atom is 0.224 e. The summed E-state index contributed by atoms with van der Waals surface area (Å²) in [6.45, 7) is 3.90. The van der Waals surface area contributed by atoms with Gasteiger partial charge in [-0.15, -0.1) is 0 Å². The Labute approximate surface area is 124 Å². The highest BCUT2D eigenvalue weighted by molar-refractivity contribution is 6.00. The van der Waals surface area contributed by atoms with E-state index in [1.165, 1.54) is 0 Å². The SMILES string of the molecule is Cc1ccc(C(=O)CCC(=O)Nc2cccnc2)c(C)c1. The number of aryl methyl sites for hydroxylation is 2. The van der Waals surface area contributed by atoms with Crippen LogP contribution >= 0.6 is 0 Å². The number of carbonyl (C=O) groups excluding carboxylic acids is 2. The molecule has 1 heterocycles. The number of amides is 1. The van der Waals surface area contributed by atoms with Crippen molar-refractivity contribution in [2.24, 2.45) is 0 Å². The lowest BCUT2D eigenvalue weighted by molar-refractivity contribution is -0.116. The van der Waals surface area contributed by atoms with Gasteiger partial charge in [0.15, 0.2) is 5.78 Å². The molecular formula is C17H18N2O2. The van der Waals surface area contributed by atoms with Crippen molar-refractivity contribution in [2.45, 2.75) is 26.7 Å². The zero-order chi connectivity index (χ0) is 15.2. The molecule has 0 unspecified atom stereocenters. The Morgan fingerprint density at radius 3 is 2.62 bits per heavy atom. The van der Waals surface area contributed by atoms with Gasteiger partial charge < -0.3 is 5.32 Å². The van der Waals surface area contributed by atoms with E-state index < -0.39 is 0 Å². The molecule has 0 fully saturated rings. The molecule has 0 radical (unpaired) electrons. The Kier molecular flexibility index (Phi) is 4.82. The fraction of sp³-hybridized carbons (Fsp3) is 0.235. The molecule has 1 aromatic carbocycles. The van der Waals surface area contributed by atoms with Gasteiger partial charge in [0.25, 0.3) is 0 Å². The standard InChI is InChI=1S/C17H18N2O2/c1-12-5-6-15(13(2)10-12)16(20)7-8-17(21)19-14-4-3-9-18-11-14/h3-6,9-11H,7-8H2,1-2H3,(H,19,21). The summed E-state index contributed by atoms with van der Waals surface area (Å²) in [4.78, 5) is 27.9. The highest BCUT2D eigenvalue weighted by Crippen LogP contribution is 2.14. The molecule has 108 valence electrons. The van der Waals surface area contributed by atoms with Crippen LogP contribution in [0.1, 0.15) is 34.3 Å². The molecule has 21 heavy (non-hydrogen) atoms. The summed E-state index contributed by atoms with van der Waals surface area (Å²) in [5.74, 6) is -0.185. The predicted octanol–water partition coefficient (Wildman–Crippen LogP) is 3.30. The number of rotatable bonds is 5. The van der Waals surface area contributed by atoms with Gasteiger partial charge in [-0.25, -0.2) is 0 Å². The third-order valence-corrected chi connectivity index (χ3v) is 3.21. The largest absolute Gasteiger partial charge is 0.325 e. The van der Waals surface area contributed by atoms with E-state index in [-0.39, 0.29) is 24.5 Å². The highest BCUT2D eigenvalue weighted by Gasteiger charge is 2.11. The number of pyridine rings is 1. The molecule has 0 bridgehead atoms. The second-order valence-electron chi connectivity index (χ2n) is 5.03. The number of benzene rings is 1. The van der Waals surface area contributed by atoms with Crippen molar-refractivity contribution < 1.29 is 9.59 Å². The summed E-state index contributed by atoms with van der Waals surface area (Å²) in [5.41, 5.74) is 3.40. The Balaban J connectivity index is 1.90. The van der Waals surface area contributed by atoms with E-state index in [0.29, 0.717) is 11.3 Å². The summed E-state index contributed by atoms with van der Waals surface area (Å²) >= 11 is 0. The van der Waals surface area contributed by atoms with Crippen LogP contribution < -0.4 is 5.32 Å². The third-order valence-electron chi connectivity index (χ3n) is 3.21. The molecular weight excluding hydrogens is 264 g/mol. The quantitative estimate of drug-likeness (QED) is 0.856. The number of anilines is 1. The molecule has 2 rings (SSSR count). The van der Waals surface area contributed by atoms with E-state index in [0.717, 1.165) is 11.1 Å². The first-order chi connectivity index (χ1) is 10.1. The number of Topliss-reactive ketones (excluding diaryl/α,β-unsaturated/α-hetero) is 1. The molecule has 4 nitrogen and oxygen atoms in total. The maximum absolute atomic E-state index is 12.1. The Morgan fingerprint density at radius 2 is 1.95 bits per heavy atom. The molecule has 1 amide bonds. The maximum atomic E-state index is 12.1. The molecule has 2 aromatic rings. The van der Waals surface area contributed by atoms with Crippen LogP contribution in [0.3, 0.4) is 0 Å². The molecule has 0 aliphatic rings. The molecule has 0 saturated carbocycles. The smallest absolute Gasteiger partial charge is 0.224 e. The van der Waals surface area contributed by atoms with Gasteiger partial charge in [-0.2, -0.15) is 0 Å². The minimum atomic E-state index is -0.180. The number of ketones is 1. The first-order valence-electron chi connectivity index (χ1n) is 6.86. The number of carbonyl (C=O) groups is 2. The number of aromatic nitrogens is 1. The molecule has 0 atom stereocenters. The van der Waals surface area contributed by atoms with Crippen LogP contribution in [-0.4, -0.2) is 16.7 Å². The number of nitrogens with zero attached hydrogens (tertiary/aromatic N) is 1. The van der Waals surface area contributed by atoms with Crippen LogP contribution in [0.2, 0.25) is 0 Å². The molecule has 0 aliphatic carbocycles. The molecule has 0 aliphatic heterocycles. The lowest BCUT2D eigenvalue weighted by Gasteiger charge is -2.07. The first-order valence-corrected chi connectivity index (χ1v) is 6.86. The fourth-order valence-electron chi connectivity index (χ4n) is 2.15. The summed E-state index contributed by atoms with van der Waals surface area (Å²) in [5, 5.41) is 2.72. The van der Waals surface area contributed by atoms with Crippen LogP contribution in [0, 0.1) is 13.8 Å². The van der Waals surface area contributed by atoms with Crippen LogP contribution in [0.15, 0.2) is 42.7 Å². The fourth-order valence-corrected chi connectivity index (χ4v) is 2.15. The van der Waals surface area contributed by atoms with E-state index in [1.807, 2.05) is 32.0 Å². The first kappa shape index (κ1) is 14.9. The Morgan fingerprint density at radius 1 is 1.14 bits per heavy atom. The van der Waals surface area contributed by atoms with Gasteiger partial charge >= 0.3 is 0 Å². The zero-order valence-corrected chi connectivity index (χ0v) is 12.2. The van der Waals surface area contributed by atoms with Crippen LogP contribution in [-0.2, 0) is 4.79 Å². The summed E-state index contributed by atoms with van der Waals surface area (Å²) in [6, 6.07) is 9.22. The van der Waals surface area contributed by atoms with Crippen molar-refractivity contribution in [3.63, 3.8) is 0 Å². The van der Waals surface area contributed by atoms with Crippen LogP contribution in [0.4, 0.5) is 5.69 Å². The lowest BCUT2D eigenvalue weighted by atomic mass is 9.99. The van der Waals surface area contributed by atoms with E-state index >= 15 is 0 Å². The van der Waals surface area contributed by atoms with Gasteiger partial charge in [-0.05, 0) is 31.5 Å². The Bertz CT molecular complexity index is 651. The number of nitrogens with one attached hydrogen (secondary N) is 1. The second-order valence-corrected chi connectivity index (χ2v) is 5.03. The van der Waals surface area contributed by atoms with Crippen molar-refractivity contribution >= 4 is 17.4 Å². The van der Waals surface area contributed by atoms with Crippen LogP contribution in [0.5, 0.6) is 0 Å². The topological polar surface area (TPSA) is 59.1 Å². The van der Waals surface area contributed by atoms with Gasteiger partial charge in [-0.3, -0.25) is 14.6 Å². The van der Waals surface area contributed by atoms with E-state index in [9.17, 15) is 9.59 Å². The molecule has 1 aromatic heterocycles. The van der Waals surface area contributed by atoms with Crippen molar-refractivity contribution in [3.8, 4) is 0 Å². The van der Waals surface area contributed by atoms with Crippen molar-refractivity contribution in [1.29, 1.82) is 0 Å². The third kappa shape index (κ3) is 4.24. The average Bonchev–Trinajstić information content (AvgIpc) is 2.46. The van der Waals surface area contributed by atoms with Gasteiger partial charge in [-0.1, -0.05) is 23.8 Å². The molecule has 4 heteroatoms. The van der Waals surface area contributed by atoms with Crippen molar-refractivity contribution in [3.05, 3.63) is 59.4 Å². The van der Waals surface area contributed by atoms with Gasteiger partial charge in [0.05, 0.1) is 11.9 Å². The summed E-state index contributed by atoms with van der Waals surface area (Å²) < 4.78 is 0. The normalized spacial score (nSPS) is 10.2. The second kappa shape index (κ2) is 6.79.